The summed E-state index contributed by atoms with van der Waals surface area (Å²) in [7, 11) is 1.44. The molecule has 0 saturated carbocycles. The number of carboxylic acid groups (broad SMARTS) is 1. The SMILES string of the molecule is COCCN1CN(C(C)=O)n2cc(C(=O)O)c(=O)c(O)c2C1=O. The van der Waals surface area contributed by atoms with E-state index in [2.05, 4.69) is 0 Å². The molecule has 10 nitrogen and oxygen atoms in total. The summed E-state index contributed by atoms with van der Waals surface area (Å²) in [5.74, 6) is -3.78. The summed E-state index contributed by atoms with van der Waals surface area (Å²) in [4.78, 5) is 48.4. The number of fused-ring (bicyclic) bond motifs is 1. The number of ether oxygens (including phenoxy) is 1. The number of aromatic nitrogens is 1. The average Bonchev–Trinajstić information content (AvgIpc) is 2.48. The fourth-order valence-corrected chi connectivity index (χ4v) is 2.20. The van der Waals surface area contributed by atoms with Crippen LogP contribution in [0.25, 0.3) is 0 Å². The molecule has 10 heteroatoms. The Morgan fingerprint density at radius 3 is 2.52 bits per heavy atom. The molecule has 1 aromatic rings. The molecule has 0 bridgehead atoms. The lowest BCUT2D eigenvalue weighted by molar-refractivity contribution is -0.118. The van der Waals surface area contributed by atoms with Crippen molar-refractivity contribution in [2.45, 2.75) is 6.92 Å². The Balaban J connectivity index is 2.66. The number of carbonyl (C=O) groups excluding carboxylic acids is 2. The van der Waals surface area contributed by atoms with Crippen LogP contribution in [0.5, 0.6) is 5.75 Å². The van der Waals surface area contributed by atoms with Crippen molar-refractivity contribution in [1.29, 1.82) is 0 Å². The zero-order valence-electron chi connectivity index (χ0n) is 12.5. The molecular formula is C13H15N3O7. The predicted octanol–water partition coefficient (Wildman–Crippen LogP) is -1.20. The number of carboxylic acids is 1. The topological polar surface area (TPSA) is 129 Å². The van der Waals surface area contributed by atoms with E-state index in [0.717, 1.165) is 15.9 Å². The average molecular weight is 325 g/mol. The number of hydrogen-bond donors (Lipinski definition) is 2. The van der Waals surface area contributed by atoms with Gasteiger partial charge in [0.05, 0.1) is 6.61 Å². The second-order valence-electron chi connectivity index (χ2n) is 4.84. The van der Waals surface area contributed by atoms with Crippen molar-refractivity contribution < 1.29 is 29.3 Å². The number of nitrogens with zero attached hydrogens (tertiary/aromatic N) is 3. The number of aromatic carboxylic acids is 1. The molecule has 0 unspecified atom stereocenters. The summed E-state index contributed by atoms with van der Waals surface area (Å²) in [6, 6.07) is 0. The van der Waals surface area contributed by atoms with Crippen LogP contribution in [0.2, 0.25) is 0 Å². The van der Waals surface area contributed by atoms with Crippen molar-refractivity contribution in [1.82, 2.24) is 9.58 Å². The van der Waals surface area contributed by atoms with Gasteiger partial charge in [-0.25, -0.2) is 14.5 Å². The molecule has 23 heavy (non-hydrogen) atoms. The molecule has 0 atom stereocenters. The largest absolute Gasteiger partial charge is 0.502 e. The van der Waals surface area contributed by atoms with Gasteiger partial charge in [0.25, 0.3) is 5.91 Å². The minimum Gasteiger partial charge on any atom is -0.502 e. The molecule has 2 N–H and O–H groups in total. The monoisotopic (exact) mass is 325 g/mol. The van der Waals surface area contributed by atoms with E-state index in [4.69, 9.17) is 9.84 Å². The van der Waals surface area contributed by atoms with Gasteiger partial charge in [-0.15, -0.1) is 0 Å². The molecule has 124 valence electrons. The molecule has 1 aromatic heterocycles. The fourth-order valence-electron chi connectivity index (χ4n) is 2.20. The van der Waals surface area contributed by atoms with Gasteiger partial charge < -0.3 is 19.8 Å². The van der Waals surface area contributed by atoms with Crippen LogP contribution in [-0.2, 0) is 9.53 Å². The molecule has 0 radical (unpaired) electrons. The highest BCUT2D eigenvalue weighted by molar-refractivity contribution is 6.00. The van der Waals surface area contributed by atoms with Crippen LogP contribution in [-0.4, -0.2) is 64.5 Å². The van der Waals surface area contributed by atoms with Crippen molar-refractivity contribution >= 4 is 17.8 Å². The first-order valence-electron chi connectivity index (χ1n) is 6.58. The van der Waals surface area contributed by atoms with Crippen LogP contribution in [0.4, 0.5) is 0 Å². The minimum atomic E-state index is -1.57. The van der Waals surface area contributed by atoms with Gasteiger partial charge in [0, 0.05) is 26.8 Å². The first-order valence-corrected chi connectivity index (χ1v) is 6.58. The maximum Gasteiger partial charge on any atom is 0.341 e. The van der Waals surface area contributed by atoms with Crippen LogP contribution >= 0.6 is 0 Å². The second kappa shape index (κ2) is 6.08. The van der Waals surface area contributed by atoms with E-state index in [1.807, 2.05) is 0 Å². The van der Waals surface area contributed by atoms with Gasteiger partial charge in [-0.2, -0.15) is 0 Å². The summed E-state index contributed by atoms with van der Waals surface area (Å²) in [6.07, 6.45) is 0.854. The van der Waals surface area contributed by atoms with E-state index >= 15 is 0 Å². The molecule has 0 saturated heterocycles. The van der Waals surface area contributed by atoms with Gasteiger partial charge in [-0.1, -0.05) is 0 Å². The number of amides is 2. The molecule has 0 spiro atoms. The fraction of sp³-hybridized carbons (Fsp3) is 0.385. The van der Waals surface area contributed by atoms with E-state index in [9.17, 15) is 24.3 Å². The molecule has 0 aliphatic carbocycles. The number of aromatic hydroxyl groups is 1. The summed E-state index contributed by atoms with van der Waals surface area (Å²) in [5, 5.41) is 20.0. The quantitative estimate of drug-likeness (QED) is 0.711. The molecule has 1 aliphatic heterocycles. The van der Waals surface area contributed by atoms with E-state index in [1.165, 1.54) is 18.9 Å². The molecule has 2 amide bonds. The Hall–Kier alpha value is -2.88. The van der Waals surface area contributed by atoms with Gasteiger partial charge in [-0.05, 0) is 0 Å². The third-order valence-electron chi connectivity index (χ3n) is 3.38. The Kier molecular flexibility index (Phi) is 4.36. The van der Waals surface area contributed by atoms with E-state index in [-0.39, 0.29) is 19.8 Å². The maximum absolute atomic E-state index is 12.4. The van der Waals surface area contributed by atoms with Crippen molar-refractivity contribution in [3.63, 3.8) is 0 Å². The van der Waals surface area contributed by atoms with Crippen LogP contribution in [0.15, 0.2) is 11.0 Å². The van der Waals surface area contributed by atoms with Gasteiger partial charge in [0.2, 0.25) is 11.3 Å². The van der Waals surface area contributed by atoms with Crippen molar-refractivity contribution in [3.05, 3.63) is 27.7 Å². The molecule has 1 aliphatic rings. The number of rotatable bonds is 4. The molecule has 2 rings (SSSR count). The minimum absolute atomic E-state index is 0.132. The van der Waals surface area contributed by atoms with Crippen LogP contribution < -0.4 is 10.4 Å². The number of hydrogen-bond acceptors (Lipinski definition) is 6. The zero-order chi connectivity index (χ0) is 17.3. The molecule has 0 aromatic carbocycles. The van der Waals surface area contributed by atoms with E-state index in [1.54, 1.807) is 0 Å². The Bertz CT molecular complexity index is 740. The van der Waals surface area contributed by atoms with Crippen molar-refractivity contribution in [2.75, 3.05) is 31.9 Å². The normalized spacial score (nSPS) is 13.9. The molecule has 0 fully saturated rings. The van der Waals surface area contributed by atoms with Gasteiger partial charge in [-0.3, -0.25) is 14.4 Å². The highest BCUT2D eigenvalue weighted by atomic mass is 16.5. The Morgan fingerprint density at radius 1 is 1.35 bits per heavy atom. The third kappa shape index (κ3) is 2.75. The smallest absolute Gasteiger partial charge is 0.341 e. The van der Waals surface area contributed by atoms with Crippen molar-refractivity contribution in [2.24, 2.45) is 0 Å². The van der Waals surface area contributed by atoms with Crippen LogP contribution in [0, 0.1) is 0 Å². The third-order valence-corrected chi connectivity index (χ3v) is 3.38. The van der Waals surface area contributed by atoms with Gasteiger partial charge in [0.15, 0.2) is 11.4 Å². The lowest BCUT2D eigenvalue weighted by Gasteiger charge is -2.37. The summed E-state index contributed by atoms with van der Waals surface area (Å²) < 4.78 is 5.77. The van der Waals surface area contributed by atoms with Gasteiger partial charge >= 0.3 is 5.97 Å². The summed E-state index contributed by atoms with van der Waals surface area (Å²) in [5.41, 5.74) is -2.39. The lowest BCUT2D eigenvalue weighted by Crippen LogP contribution is -2.56. The number of pyridine rings is 1. The Morgan fingerprint density at radius 2 is 2.00 bits per heavy atom. The molecule has 2 heterocycles. The van der Waals surface area contributed by atoms with Crippen molar-refractivity contribution in [3.8, 4) is 5.75 Å². The van der Waals surface area contributed by atoms with E-state index in [0.29, 0.717) is 0 Å². The van der Waals surface area contributed by atoms with E-state index < -0.39 is 40.2 Å². The summed E-state index contributed by atoms with van der Waals surface area (Å²) >= 11 is 0. The number of carbonyl (C=O) groups is 3. The highest BCUT2D eigenvalue weighted by Crippen LogP contribution is 2.21. The maximum atomic E-state index is 12.4. The second-order valence-corrected chi connectivity index (χ2v) is 4.84. The lowest BCUT2D eigenvalue weighted by atomic mass is 10.2. The summed E-state index contributed by atoms with van der Waals surface area (Å²) in [6.45, 7) is 1.37. The Labute approximate surface area is 130 Å². The molecular weight excluding hydrogens is 310 g/mol. The number of methoxy groups -OCH3 is 1. The first kappa shape index (κ1) is 16.5. The van der Waals surface area contributed by atoms with Crippen LogP contribution in [0.1, 0.15) is 27.8 Å². The highest BCUT2D eigenvalue weighted by Gasteiger charge is 2.35. The zero-order valence-corrected chi connectivity index (χ0v) is 12.5. The predicted molar refractivity (Wildman–Crippen MR) is 76.0 cm³/mol. The van der Waals surface area contributed by atoms with Gasteiger partial charge in [0.1, 0.15) is 12.2 Å². The first-order chi connectivity index (χ1) is 10.8. The standard InChI is InChI=1S/C13H15N3O7/c1-7(17)16-6-14(3-4-23-2)12(20)9-11(19)10(18)8(13(21)22)5-15(9)16/h5,19H,3-4,6H2,1-2H3,(H,21,22). The van der Waals surface area contributed by atoms with Crippen LogP contribution in [0.3, 0.4) is 0 Å².